The first-order valence-corrected chi connectivity index (χ1v) is 3.54. The van der Waals surface area contributed by atoms with Crippen molar-refractivity contribution in [1.29, 1.82) is 0 Å². The third-order valence-electron chi connectivity index (χ3n) is 1.20. The molecule has 0 aromatic heterocycles. The Morgan fingerprint density at radius 3 is 2.55 bits per heavy atom. The summed E-state index contributed by atoms with van der Waals surface area (Å²) in [5, 5.41) is 2.56. The second-order valence-corrected chi connectivity index (χ2v) is 2.03. The first-order valence-electron chi connectivity index (χ1n) is 3.54. The number of hydrogen-bond donors (Lipinski definition) is 1. The molecule has 4 nitrogen and oxygen atoms in total. The second-order valence-electron chi connectivity index (χ2n) is 2.03. The third kappa shape index (κ3) is 5.39. The topological polar surface area (TPSA) is 55.4 Å². The highest BCUT2D eigenvalue weighted by molar-refractivity contribution is 5.76. The van der Waals surface area contributed by atoms with E-state index in [1.807, 2.05) is 0 Å². The van der Waals surface area contributed by atoms with Crippen molar-refractivity contribution in [3.63, 3.8) is 0 Å². The average Bonchev–Trinajstić information content (AvgIpc) is 2.04. The number of hydrogen-bond acceptors (Lipinski definition) is 3. The SMILES string of the molecule is CCC(=O)NCCC(=O)OC. The Morgan fingerprint density at radius 1 is 1.45 bits per heavy atom. The molecule has 0 aromatic carbocycles. The number of nitrogens with one attached hydrogen (secondary N) is 1. The summed E-state index contributed by atoms with van der Waals surface area (Å²) in [5.74, 6) is -0.352. The average molecular weight is 159 g/mol. The first-order chi connectivity index (χ1) is 5.20. The van der Waals surface area contributed by atoms with Crippen LogP contribution in [0.5, 0.6) is 0 Å². The van der Waals surface area contributed by atoms with E-state index in [1.54, 1.807) is 6.92 Å². The lowest BCUT2D eigenvalue weighted by atomic mass is 10.4. The van der Waals surface area contributed by atoms with Crippen molar-refractivity contribution in [3.8, 4) is 0 Å². The zero-order valence-corrected chi connectivity index (χ0v) is 6.85. The van der Waals surface area contributed by atoms with Crippen LogP contribution in [0.1, 0.15) is 19.8 Å². The van der Waals surface area contributed by atoms with E-state index in [4.69, 9.17) is 0 Å². The minimum atomic E-state index is -0.304. The molecule has 0 radical (unpaired) electrons. The molecule has 0 saturated heterocycles. The molecule has 11 heavy (non-hydrogen) atoms. The number of methoxy groups -OCH3 is 1. The quantitative estimate of drug-likeness (QED) is 0.591. The van der Waals surface area contributed by atoms with Gasteiger partial charge in [-0.25, -0.2) is 0 Å². The van der Waals surface area contributed by atoms with Crippen molar-refractivity contribution in [1.82, 2.24) is 5.32 Å². The normalized spacial score (nSPS) is 8.91. The Labute approximate surface area is 65.9 Å². The maximum atomic E-state index is 10.6. The lowest BCUT2D eigenvalue weighted by Gasteiger charge is -2.00. The van der Waals surface area contributed by atoms with Gasteiger partial charge in [-0.3, -0.25) is 9.59 Å². The van der Waals surface area contributed by atoms with Crippen LogP contribution < -0.4 is 5.32 Å². The van der Waals surface area contributed by atoms with Crippen molar-refractivity contribution in [3.05, 3.63) is 0 Å². The summed E-state index contributed by atoms with van der Waals surface area (Å²) in [7, 11) is 1.32. The summed E-state index contributed by atoms with van der Waals surface area (Å²) in [6.45, 7) is 2.12. The summed E-state index contributed by atoms with van der Waals surface area (Å²) in [6.07, 6.45) is 0.684. The molecular weight excluding hydrogens is 146 g/mol. The molecule has 0 rings (SSSR count). The molecule has 0 aliphatic carbocycles. The molecule has 4 heteroatoms. The molecule has 64 valence electrons. The van der Waals surface area contributed by atoms with Gasteiger partial charge in [0.05, 0.1) is 13.5 Å². The lowest BCUT2D eigenvalue weighted by Crippen LogP contribution is -2.25. The van der Waals surface area contributed by atoms with Gasteiger partial charge >= 0.3 is 5.97 Å². The van der Waals surface area contributed by atoms with E-state index < -0.39 is 0 Å². The van der Waals surface area contributed by atoms with Gasteiger partial charge in [0.1, 0.15) is 0 Å². The van der Waals surface area contributed by atoms with Gasteiger partial charge in [-0.05, 0) is 0 Å². The number of carbonyl (C=O) groups excluding carboxylic acids is 2. The summed E-state index contributed by atoms with van der Waals surface area (Å²) >= 11 is 0. The van der Waals surface area contributed by atoms with Crippen LogP contribution in [0.15, 0.2) is 0 Å². The number of amides is 1. The summed E-state index contributed by atoms with van der Waals surface area (Å²) in [4.78, 5) is 21.1. The molecule has 0 aliphatic heterocycles. The van der Waals surface area contributed by atoms with Crippen molar-refractivity contribution < 1.29 is 14.3 Å². The molecule has 0 aliphatic rings. The molecule has 0 heterocycles. The van der Waals surface area contributed by atoms with Crippen LogP contribution in [0.3, 0.4) is 0 Å². The number of esters is 1. The van der Waals surface area contributed by atoms with Crippen LogP contribution >= 0.6 is 0 Å². The van der Waals surface area contributed by atoms with Crippen molar-refractivity contribution in [2.75, 3.05) is 13.7 Å². The van der Waals surface area contributed by atoms with E-state index >= 15 is 0 Å². The Balaban J connectivity index is 3.27. The Morgan fingerprint density at radius 2 is 2.09 bits per heavy atom. The highest BCUT2D eigenvalue weighted by Crippen LogP contribution is 1.82. The monoisotopic (exact) mass is 159 g/mol. The molecule has 0 spiro atoms. The molecule has 1 amide bonds. The zero-order valence-electron chi connectivity index (χ0n) is 6.85. The Kier molecular flexibility index (Phi) is 5.15. The molecule has 0 unspecified atom stereocenters. The van der Waals surface area contributed by atoms with Crippen LogP contribution in [-0.4, -0.2) is 25.5 Å². The minimum absolute atomic E-state index is 0.0473. The van der Waals surface area contributed by atoms with E-state index in [1.165, 1.54) is 7.11 Å². The van der Waals surface area contributed by atoms with Gasteiger partial charge in [0.2, 0.25) is 5.91 Å². The van der Waals surface area contributed by atoms with Crippen LogP contribution in [0.2, 0.25) is 0 Å². The van der Waals surface area contributed by atoms with E-state index in [0.717, 1.165) is 0 Å². The number of ether oxygens (including phenoxy) is 1. The van der Waals surface area contributed by atoms with E-state index in [9.17, 15) is 9.59 Å². The summed E-state index contributed by atoms with van der Waals surface area (Å²) in [6, 6.07) is 0. The van der Waals surface area contributed by atoms with Crippen LogP contribution in [-0.2, 0) is 14.3 Å². The molecule has 0 saturated carbocycles. The number of rotatable bonds is 4. The van der Waals surface area contributed by atoms with E-state index in [-0.39, 0.29) is 18.3 Å². The van der Waals surface area contributed by atoms with Gasteiger partial charge < -0.3 is 10.1 Å². The molecule has 1 N–H and O–H groups in total. The second kappa shape index (κ2) is 5.70. The highest BCUT2D eigenvalue weighted by Gasteiger charge is 2.00. The maximum absolute atomic E-state index is 10.6. The van der Waals surface area contributed by atoms with Crippen LogP contribution in [0.4, 0.5) is 0 Å². The van der Waals surface area contributed by atoms with Crippen molar-refractivity contribution in [2.24, 2.45) is 0 Å². The Bertz CT molecular complexity index is 129. The van der Waals surface area contributed by atoms with Crippen molar-refractivity contribution >= 4 is 11.9 Å². The number of carbonyl (C=O) groups is 2. The maximum Gasteiger partial charge on any atom is 0.307 e. The van der Waals surface area contributed by atoms with E-state index in [0.29, 0.717) is 13.0 Å². The summed E-state index contributed by atoms with van der Waals surface area (Å²) < 4.78 is 4.38. The van der Waals surface area contributed by atoms with Gasteiger partial charge in [0.15, 0.2) is 0 Å². The van der Waals surface area contributed by atoms with Gasteiger partial charge in [0.25, 0.3) is 0 Å². The fourth-order valence-electron chi connectivity index (χ4n) is 0.531. The van der Waals surface area contributed by atoms with Crippen molar-refractivity contribution in [2.45, 2.75) is 19.8 Å². The van der Waals surface area contributed by atoms with Gasteiger partial charge in [-0.2, -0.15) is 0 Å². The predicted octanol–water partition coefficient (Wildman–Crippen LogP) is 0.0757. The molecule has 0 aromatic rings. The predicted molar refractivity (Wildman–Crippen MR) is 39.9 cm³/mol. The fourth-order valence-corrected chi connectivity index (χ4v) is 0.531. The highest BCUT2D eigenvalue weighted by atomic mass is 16.5. The smallest absolute Gasteiger partial charge is 0.307 e. The van der Waals surface area contributed by atoms with Gasteiger partial charge in [-0.1, -0.05) is 6.92 Å². The third-order valence-corrected chi connectivity index (χ3v) is 1.20. The molecule has 0 fully saturated rings. The fraction of sp³-hybridized carbons (Fsp3) is 0.714. The molecule has 0 atom stereocenters. The molecular formula is C7H13NO3. The summed E-state index contributed by atoms with van der Waals surface area (Å²) in [5.41, 5.74) is 0. The first kappa shape index (κ1) is 9.94. The largest absolute Gasteiger partial charge is 0.469 e. The molecule has 0 bridgehead atoms. The van der Waals surface area contributed by atoms with E-state index in [2.05, 4.69) is 10.1 Å². The minimum Gasteiger partial charge on any atom is -0.469 e. The standard InChI is InChI=1S/C7H13NO3/c1-3-6(9)8-5-4-7(10)11-2/h3-5H2,1-2H3,(H,8,9). The zero-order chi connectivity index (χ0) is 8.69. The van der Waals surface area contributed by atoms with Crippen LogP contribution in [0.25, 0.3) is 0 Å². The van der Waals surface area contributed by atoms with Crippen LogP contribution in [0, 0.1) is 0 Å². The Hall–Kier alpha value is -1.06. The van der Waals surface area contributed by atoms with Gasteiger partial charge in [0, 0.05) is 13.0 Å². The van der Waals surface area contributed by atoms with Gasteiger partial charge in [-0.15, -0.1) is 0 Å². The lowest BCUT2D eigenvalue weighted by molar-refractivity contribution is -0.140.